The van der Waals surface area contributed by atoms with E-state index >= 15 is 0 Å². The number of aliphatic hydroxyl groups excluding tert-OH is 1. The molecule has 0 saturated carbocycles. The summed E-state index contributed by atoms with van der Waals surface area (Å²) in [7, 11) is 6.69. The molecule has 1 amide bonds. The molecule has 1 saturated heterocycles. The number of ketones is 1. The highest BCUT2D eigenvalue weighted by atomic mass is 16.5. The lowest BCUT2D eigenvalue weighted by Crippen LogP contribution is -2.29. The number of hydrogen-bond donors (Lipinski definition) is 1. The van der Waals surface area contributed by atoms with E-state index in [-0.39, 0.29) is 22.8 Å². The predicted molar refractivity (Wildman–Crippen MR) is 155 cm³/mol. The maximum absolute atomic E-state index is 13.7. The third-order valence-electron chi connectivity index (χ3n) is 7.17. The van der Waals surface area contributed by atoms with Gasteiger partial charge in [-0.2, -0.15) is 0 Å². The third kappa shape index (κ3) is 5.04. The number of rotatable bonds is 7. The second kappa shape index (κ2) is 11.3. The number of aliphatic hydroxyl groups is 1. The van der Waals surface area contributed by atoms with E-state index in [9.17, 15) is 19.5 Å². The summed E-state index contributed by atoms with van der Waals surface area (Å²) in [6.45, 7) is 5.84. The molecule has 8 heteroatoms. The van der Waals surface area contributed by atoms with Gasteiger partial charge in [-0.1, -0.05) is 32.0 Å². The Labute approximate surface area is 234 Å². The van der Waals surface area contributed by atoms with Gasteiger partial charge in [0.15, 0.2) is 0 Å². The molecule has 3 aromatic carbocycles. The average Bonchev–Trinajstić information content (AvgIpc) is 3.21. The van der Waals surface area contributed by atoms with Crippen molar-refractivity contribution in [1.82, 2.24) is 0 Å². The highest BCUT2D eigenvalue weighted by Gasteiger charge is 2.47. The van der Waals surface area contributed by atoms with Gasteiger partial charge in [0.05, 0.1) is 31.4 Å². The third-order valence-corrected chi connectivity index (χ3v) is 7.17. The van der Waals surface area contributed by atoms with E-state index in [0.717, 1.165) is 11.3 Å². The average molecular weight is 543 g/mol. The number of nitrogens with zero attached hydrogens (tertiary/aromatic N) is 2. The molecule has 1 unspecified atom stereocenters. The molecule has 1 heterocycles. The smallest absolute Gasteiger partial charge is 0.337 e. The first kappa shape index (κ1) is 28.4. The summed E-state index contributed by atoms with van der Waals surface area (Å²) in [5, 5.41) is 11.7. The van der Waals surface area contributed by atoms with E-state index in [1.165, 1.54) is 18.1 Å². The summed E-state index contributed by atoms with van der Waals surface area (Å²) in [4.78, 5) is 42.8. The number of ether oxygens (including phenoxy) is 2. The number of anilines is 2. The van der Waals surface area contributed by atoms with Crippen LogP contribution in [0.5, 0.6) is 5.75 Å². The zero-order valence-electron chi connectivity index (χ0n) is 23.8. The Morgan fingerprint density at radius 1 is 1.00 bits per heavy atom. The van der Waals surface area contributed by atoms with Crippen LogP contribution in [0.2, 0.25) is 0 Å². The lowest BCUT2D eigenvalue weighted by Gasteiger charge is -2.26. The summed E-state index contributed by atoms with van der Waals surface area (Å²) in [6, 6.07) is 16.5. The molecule has 208 valence electrons. The number of methoxy groups -OCH3 is 2. The first-order valence-corrected chi connectivity index (χ1v) is 13.0. The van der Waals surface area contributed by atoms with E-state index in [4.69, 9.17) is 9.47 Å². The van der Waals surface area contributed by atoms with Gasteiger partial charge in [-0.3, -0.25) is 14.5 Å². The number of Topliss-reactive ketones (excluding diaryl/α,β-unsaturated/α-hetero) is 1. The van der Waals surface area contributed by atoms with Gasteiger partial charge in [-0.25, -0.2) is 4.79 Å². The lowest BCUT2D eigenvalue weighted by atomic mass is 9.91. The van der Waals surface area contributed by atoms with Crippen LogP contribution in [0.4, 0.5) is 11.4 Å². The van der Waals surface area contributed by atoms with Crippen molar-refractivity contribution in [2.75, 3.05) is 38.1 Å². The molecule has 1 atom stereocenters. The maximum Gasteiger partial charge on any atom is 0.337 e. The topological polar surface area (TPSA) is 96.4 Å². The van der Waals surface area contributed by atoms with Crippen LogP contribution in [0.15, 0.2) is 66.2 Å². The van der Waals surface area contributed by atoms with Crippen molar-refractivity contribution in [2.24, 2.45) is 0 Å². The van der Waals surface area contributed by atoms with Crippen LogP contribution >= 0.6 is 0 Å². The van der Waals surface area contributed by atoms with E-state index in [1.54, 1.807) is 25.3 Å². The number of carbonyl (C=O) groups excluding carboxylic acids is 3. The molecule has 8 nitrogen and oxygen atoms in total. The van der Waals surface area contributed by atoms with Gasteiger partial charge in [0.25, 0.3) is 11.7 Å². The number of benzene rings is 3. The predicted octanol–water partition coefficient (Wildman–Crippen LogP) is 5.61. The number of hydrogen-bond acceptors (Lipinski definition) is 7. The fourth-order valence-corrected chi connectivity index (χ4v) is 5.00. The second-order valence-electron chi connectivity index (χ2n) is 10.3. The molecular weight excluding hydrogens is 508 g/mol. The van der Waals surface area contributed by atoms with E-state index in [2.05, 4.69) is 0 Å². The molecule has 40 heavy (non-hydrogen) atoms. The quantitative estimate of drug-likeness (QED) is 0.180. The van der Waals surface area contributed by atoms with Crippen LogP contribution in [-0.4, -0.2) is 51.1 Å². The van der Waals surface area contributed by atoms with E-state index in [0.29, 0.717) is 28.1 Å². The maximum atomic E-state index is 13.7. The normalized spacial score (nSPS) is 16.4. The highest BCUT2D eigenvalue weighted by Crippen LogP contribution is 2.44. The van der Waals surface area contributed by atoms with Gasteiger partial charge in [-0.15, -0.1) is 0 Å². The summed E-state index contributed by atoms with van der Waals surface area (Å²) in [6.07, 6.45) is 0. The van der Waals surface area contributed by atoms with E-state index < -0.39 is 23.7 Å². The van der Waals surface area contributed by atoms with Crippen molar-refractivity contribution in [3.63, 3.8) is 0 Å². The van der Waals surface area contributed by atoms with Gasteiger partial charge in [0, 0.05) is 31.0 Å². The van der Waals surface area contributed by atoms with Crippen molar-refractivity contribution in [2.45, 2.75) is 32.7 Å². The van der Waals surface area contributed by atoms with E-state index in [1.807, 2.05) is 76.2 Å². The van der Waals surface area contributed by atoms with Crippen LogP contribution in [0.3, 0.4) is 0 Å². The van der Waals surface area contributed by atoms with Crippen LogP contribution in [0, 0.1) is 6.92 Å². The zero-order chi connectivity index (χ0) is 29.3. The fourth-order valence-electron chi connectivity index (χ4n) is 5.00. The monoisotopic (exact) mass is 542 g/mol. The Morgan fingerprint density at radius 3 is 2.25 bits per heavy atom. The summed E-state index contributed by atoms with van der Waals surface area (Å²) in [5.74, 6) is -1.70. The molecule has 3 aromatic rings. The van der Waals surface area contributed by atoms with Gasteiger partial charge >= 0.3 is 5.97 Å². The Balaban J connectivity index is 1.98. The molecular formula is C32H34N2O6. The van der Waals surface area contributed by atoms with Crippen molar-refractivity contribution in [3.05, 3.63) is 94.1 Å². The van der Waals surface area contributed by atoms with Gasteiger partial charge in [0.1, 0.15) is 11.5 Å². The highest BCUT2D eigenvalue weighted by molar-refractivity contribution is 6.51. The minimum absolute atomic E-state index is 0.0333. The molecule has 1 N–H and O–H groups in total. The molecule has 1 aliphatic heterocycles. The van der Waals surface area contributed by atoms with Crippen molar-refractivity contribution in [1.29, 1.82) is 0 Å². The molecule has 0 aliphatic carbocycles. The minimum Gasteiger partial charge on any atom is -0.507 e. The fraction of sp³-hybridized carbons (Fsp3) is 0.281. The molecule has 1 aliphatic rings. The Morgan fingerprint density at radius 2 is 1.68 bits per heavy atom. The Bertz CT molecular complexity index is 1500. The molecule has 0 aromatic heterocycles. The van der Waals surface area contributed by atoms with Gasteiger partial charge in [-0.05, 0) is 72.0 Å². The van der Waals surface area contributed by atoms with Crippen molar-refractivity contribution in [3.8, 4) is 5.75 Å². The SMILES string of the molecule is COC(=O)c1cccc(N2C(=O)C(=O)/C(=C(/O)c3cc(C(C)C)c(OC)cc3C)C2c2ccc(N(C)C)cc2)c1. The summed E-state index contributed by atoms with van der Waals surface area (Å²) >= 11 is 0. The lowest BCUT2D eigenvalue weighted by molar-refractivity contribution is -0.132. The van der Waals surface area contributed by atoms with Crippen molar-refractivity contribution < 1.29 is 29.0 Å². The largest absolute Gasteiger partial charge is 0.507 e. The standard InChI is InChI=1S/C32H34N2O6/c1-18(2)24-17-25(19(3)15-26(24)39-6)29(35)27-28(20-11-13-22(14-12-20)33(4)5)34(31(37)30(27)36)23-10-8-9-21(16-23)32(38)40-7/h8-18,28,35H,1-7H3/b29-27+. The Kier molecular flexibility index (Phi) is 8.00. The molecule has 0 spiro atoms. The summed E-state index contributed by atoms with van der Waals surface area (Å²) < 4.78 is 10.4. The molecule has 1 fully saturated rings. The van der Waals surface area contributed by atoms with Crippen molar-refractivity contribution >= 4 is 34.8 Å². The van der Waals surface area contributed by atoms with Crippen LogP contribution < -0.4 is 14.5 Å². The van der Waals surface area contributed by atoms with Crippen LogP contribution in [-0.2, 0) is 14.3 Å². The number of amides is 1. The van der Waals surface area contributed by atoms with Gasteiger partial charge < -0.3 is 19.5 Å². The van der Waals surface area contributed by atoms with Gasteiger partial charge in [0.2, 0.25) is 0 Å². The first-order chi connectivity index (χ1) is 19.0. The summed E-state index contributed by atoms with van der Waals surface area (Å²) in [5.41, 5.74) is 4.10. The molecule has 0 radical (unpaired) electrons. The number of carbonyl (C=O) groups is 3. The molecule has 0 bridgehead atoms. The minimum atomic E-state index is -0.937. The molecule has 4 rings (SSSR count). The Hall–Kier alpha value is -4.59. The van der Waals surface area contributed by atoms with Crippen LogP contribution in [0.1, 0.15) is 58.4 Å². The van der Waals surface area contributed by atoms with Crippen LogP contribution in [0.25, 0.3) is 5.76 Å². The number of aryl methyl sites for hydroxylation is 1. The second-order valence-corrected chi connectivity index (χ2v) is 10.3. The zero-order valence-corrected chi connectivity index (χ0v) is 23.8. The first-order valence-electron chi connectivity index (χ1n) is 13.0. The number of esters is 1.